The smallest absolute Gasteiger partial charge is 0.302 e. The zero-order valence-electron chi connectivity index (χ0n) is 29.8. The third-order valence-electron chi connectivity index (χ3n) is 8.82. The molecule has 0 rings (SSSR count). The van der Waals surface area contributed by atoms with E-state index in [1.54, 1.807) is 0 Å². The molecule has 260 valence electrons. The second kappa shape index (κ2) is 33.4. The van der Waals surface area contributed by atoms with Crippen molar-refractivity contribution in [2.75, 3.05) is 19.7 Å². The fourth-order valence-corrected chi connectivity index (χ4v) is 6.90. The van der Waals surface area contributed by atoms with E-state index < -0.39 is 7.82 Å². The van der Waals surface area contributed by atoms with Crippen LogP contribution in [0.15, 0.2) is 0 Å². The van der Waals surface area contributed by atoms with Crippen molar-refractivity contribution in [3.8, 4) is 0 Å². The van der Waals surface area contributed by atoms with Crippen molar-refractivity contribution in [3.05, 3.63) is 0 Å². The predicted molar refractivity (Wildman–Crippen MR) is 189 cm³/mol. The van der Waals surface area contributed by atoms with E-state index in [2.05, 4.69) is 32.6 Å². The fourth-order valence-electron chi connectivity index (χ4n) is 5.93. The zero-order valence-corrected chi connectivity index (χ0v) is 30.7. The van der Waals surface area contributed by atoms with E-state index in [1.807, 2.05) is 0 Å². The van der Waals surface area contributed by atoms with Crippen molar-refractivity contribution >= 4 is 7.82 Å². The topological polar surface area (TPSA) is 59.0 Å². The minimum Gasteiger partial charge on any atom is -0.302 e. The van der Waals surface area contributed by atoms with Crippen LogP contribution in [0.4, 0.5) is 0 Å². The molecule has 0 saturated carbocycles. The Kier molecular flexibility index (Phi) is 33.5. The molecule has 1 N–H and O–H groups in total. The van der Waals surface area contributed by atoms with Crippen molar-refractivity contribution in [2.24, 2.45) is 0 Å². The van der Waals surface area contributed by atoms with Gasteiger partial charge in [-0.2, -0.15) is 0 Å². The van der Waals surface area contributed by atoms with Crippen LogP contribution in [0.5, 0.6) is 0 Å². The highest BCUT2D eigenvalue weighted by Gasteiger charge is 2.30. The number of phosphoric ester groups is 1. The van der Waals surface area contributed by atoms with Crippen molar-refractivity contribution in [1.29, 1.82) is 0 Å². The lowest BCUT2D eigenvalue weighted by molar-refractivity contribution is -0.0133. The summed E-state index contributed by atoms with van der Waals surface area (Å²) in [5.74, 6) is 0. The van der Waals surface area contributed by atoms with Gasteiger partial charge < -0.3 is 4.89 Å². The Balaban J connectivity index is 4.69. The van der Waals surface area contributed by atoms with Crippen LogP contribution in [0.1, 0.15) is 214 Å². The molecule has 43 heavy (non-hydrogen) atoms. The van der Waals surface area contributed by atoms with Gasteiger partial charge in [0.2, 0.25) is 0 Å². The number of hydrogen-bond donors (Lipinski definition) is 1. The molecule has 0 aromatic carbocycles. The van der Waals surface area contributed by atoms with Gasteiger partial charge in [0.05, 0.1) is 6.61 Å². The molecular formula is C37H78NO4P. The summed E-state index contributed by atoms with van der Waals surface area (Å²) < 4.78 is 24.5. The Morgan fingerprint density at radius 3 is 1.19 bits per heavy atom. The van der Waals surface area contributed by atoms with E-state index in [0.717, 1.165) is 58.0 Å². The van der Waals surface area contributed by atoms with E-state index in [9.17, 15) is 9.46 Å². The lowest BCUT2D eigenvalue weighted by Crippen LogP contribution is -2.38. The first-order valence-corrected chi connectivity index (χ1v) is 20.9. The SMILES string of the molecule is CCCCCCCCCCCCOP(=O)(O)OC(CCCC)N(CCCCCCCCCC)CCCCCCCCCC. The highest BCUT2D eigenvalue weighted by Crippen LogP contribution is 2.46. The second-order valence-electron chi connectivity index (χ2n) is 13.2. The summed E-state index contributed by atoms with van der Waals surface area (Å²) in [7, 11) is -4.08. The number of rotatable bonds is 36. The summed E-state index contributed by atoms with van der Waals surface area (Å²) in [6.45, 7) is 11.2. The van der Waals surface area contributed by atoms with E-state index in [0.29, 0.717) is 6.61 Å². The maximum Gasteiger partial charge on any atom is 0.473 e. The number of unbranched alkanes of at least 4 members (excludes halogenated alkanes) is 24. The second-order valence-corrected chi connectivity index (χ2v) is 14.6. The molecule has 2 unspecified atom stereocenters. The van der Waals surface area contributed by atoms with Gasteiger partial charge in [0.25, 0.3) is 0 Å². The van der Waals surface area contributed by atoms with Gasteiger partial charge in [0, 0.05) is 13.1 Å². The van der Waals surface area contributed by atoms with E-state index in [4.69, 9.17) is 9.05 Å². The average molecular weight is 632 g/mol. The summed E-state index contributed by atoms with van der Waals surface area (Å²) in [6, 6.07) is 0. The number of nitrogens with zero attached hydrogens (tertiary/aromatic N) is 1. The van der Waals surface area contributed by atoms with E-state index in [1.165, 1.54) is 141 Å². The van der Waals surface area contributed by atoms with Crippen LogP contribution in [0.3, 0.4) is 0 Å². The molecule has 5 nitrogen and oxygen atoms in total. The van der Waals surface area contributed by atoms with Gasteiger partial charge in [0.15, 0.2) is 0 Å². The Morgan fingerprint density at radius 1 is 0.488 bits per heavy atom. The van der Waals surface area contributed by atoms with Crippen molar-refractivity contribution in [3.63, 3.8) is 0 Å². The summed E-state index contributed by atoms with van der Waals surface area (Å²) in [5, 5.41) is 0. The van der Waals surface area contributed by atoms with Gasteiger partial charge in [-0.3, -0.25) is 13.9 Å². The highest BCUT2D eigenvalue weighted by atomic mass is 31.2. The molecule has 2 atom stereocenters. The normalized spacial score (nSPS) is 14.0. The standard InChI is InChI=1S/C37H78NO4P/c1-5-9-13-16-19-22-23-26-29-32-36-41-43(39,40)42-37(33-12-8-4)38(34-30-27-24-20-17-14-10-6-2)35-31-28-25-21-18-15-11-7-3/h37H,5-36H2,1-4H3,(H,39,40). The predicted octanol–water partition coefficient (Wildman–Crippen LogP) is 13.1. The third kappa shape index (κ3) is 30.5. The lowest BCUT2D eigenvalue weighted by atomic mass is 10.1. The minimum atomic E-state index is -4.08. The van der Waals surface area contributed by atoms with E-state index >= 15 is 0 Å². The van der Waals surface area contributed by atoms with Crippen LogP contribution in [0.25, 0.3) is 0 Å². The maximum absolute atomic E-state index is 13.0. The van der Waals surface area contributed by atoms with E-state index in [-0.39, 0.29) is 6.23 Å². The van der Waals surface area contributed by atoms with Gasteiger partial charge >= 0.3 is 7.82 Å². The van der Waals surface area contributed by atoms with Crippen molar-refractivity contribution < 1.29 is 18.5 Å². The molecule has 0 aromatic rings. The molecule has 0 aliphatic heterocycles. The third-order valence-corrected chi connectivity index (χ3v) is 9.84. The van der Waals surface area contributed by atoms with Gasteiger partial charge in [0.1, 0.15) is 6.23 Å². The molecule has 0 bridgehead atoms. The molecular weight excluding hydrogens is 553 g/mol. The van der Waals surface area contributed by atoms with Crippen LogP contribution in [0.2, 0.25) is 0 Å². The average Bonchev–Trinajstić information content (AvgIpc) is 2.99. The number of hydrogen-bond acceptors (Lipinski definition) is 4. The van der Waals surface area contributed by atoms with Gasteiger partial charge in [-0.25, -0.2) is 4.57 Å². The molecule has 0 fully saturated rings. The van der Waals surface area contributed by atoms with Crippen molar-refractivity contribution in [1.82, 2.24) is 4.90 Å². The maximum atomic E-state index is 13.0. The van der Waals surface area contributed by atoms with Crippen LogP contribution in [0, 0.1) is 0 Å². The summed E-state index contributed by atoms with van der Waals surface area (Å²) in [4.78, 5) is 13.1. The molecule has 6 heteroatoms. The van der Waals surface area contributed by atoms with Crippen LogP contribution in [-0.4, -0.2) is 35.7 Å². The molecule has 0 aliphatic carbocycles. The van der Waals surface area contributed by atoms with Crippen molar-refractivity contribution in [2.45, 2.75) is 220 Å². The molecule has 0 aromatic heterocycles. The summed E-state index contributed by atoms with van der Waals surface area (Å²) in [5.41, 5.74) is 0. The molecule has 0 saturated heterocycles. The minimum absolute atomic E-state index is 0.306. The van der Waals surface area contributed by atoms with Crippen LogP contribution >= 0.6 is 7.82 Å². The monoisotopic (exact) mass is 632 g/mol. The Labute approximate surface area is 270 Å². The lowest BCUT2D eigenvalue weighted by Gasteiger charge is -2.32. The van der Waals surface area contributed by atoms with Gasteiger partial charge in [-0.15, -0.1) is 0 Å². The highest BCUT2D eigenvalue weighted by molar-refractivity contribution is 7.47. The van der Waals surface area contributed by atoms with Crippen LogP contribution < -0.4 is 0 Å². The molecule has 0 aliphatic rings. The Hall–Kier alpha value is 0.0700. The molecule has 0 amide bonds. The molecule has 0 spiro atoms. The van der Waals surface area contributed by atoms with Crippen LogP contribution in [-0.2, 0) is 13.6 Å². The Morgan fingerprint density at radius 2 is 0.814 bits per heavy atom. The Bertz CT molecular complexity index is 571. The summed E-state index contributed by atoms with van der Waals surface area (Å²) in [6.07, 6.45) is 35.5. The first-order chi connectivity index (χ1) is 21.0. The molecule has 0 radical (unpaired) electrons. The van der Waals surface area contributed by atoms with Gasteiger partial charge in [-0.05, 0) is 32.1 Å². The molecule has 0 heterocycles. The fraction of sp³-hybridized carbons (Fsp3) is 1.00. The first kappa shape index (κ1) is 43.1. The zero-order chi connectivity index (χ0) is 31.7. The number of phosphoric acid groups is 1. The summed E-state index contributed by atoms with van der Waals surface area (Å²) >= 11 is 0. The largest absolute Gasteiger partial charge is 0.473 e. The first-order valence-electron chi connectivity index (χ1n) is 19.4. The van der Waals surface area contributed by atoms with Gasteiger partial charge in [-0.1, -0.05) is 182 Å². The quantitative estimate of drug-likeness (QED) is 0.0423.